The number of benzene rings is 1. The highest BCUT2D eigenvalue weighted by molar-refractivity contribution is 7.16. The van der Waals surface area contributed by atoms with Gasteiger partial charge in [-0.2, -0.15) is 0 Å². The highest BCUT2D eigenvalue weighted by Crippen LogP contribution is 2.17. The Hall–Kier alpha value is -2.40. The van der Waals surface area contributed by atoms with Crippen molar-refractivity contribution in [1.29, 1.82) is 0 Å². The summed E-state index contributed by atoms with van der Waals surface area (Å²) in [4.78, 5) is 16.0. The Labute approximate surface area is 119 Å². The lowest BCUT2D eigenvalue weighted by atomic mass is 10.2. The molecule has 0 amide bonds. The zero-order valence-electron chi connectivity index (χ0n) is 10.8. The van der Waals surface area contributed by atoms with E-state index in [1.807, 2.05) is 36.4 Å². The van der Waals surface area contributed by atoms with Crippen LogP contribution >= 0.6 is 11.3 Å². The highest BCUT2D eigenvalue weighted by atomic mass is 32.1. The first-order valence-corrected chi connectivity index (χ1v) is 6.87. The SMILES string of the molecule is COc1ccc(C=Cn2c(=O)sc3ccncc32)cc1. The quantitative estimate of drug-likeness (QED) is 0.742. The molecule has 0 atom stereocenters. The van der Waals surface area contributed by atoms with Crippen molar-refractivity contribution in [1.82, 2.24) is 9.55 Å². The summed E-state index contributed by atoms with van der Waals surface area (Å²) in [6, 6.07) is 9.49. The fourth-order valence-electron chi connectivity index (χ4n) is 1.90. The van der Waals surface area contributed by atoms with Gasteiger partial charge in [-0.1, -0.05) is 23.5 Å². The molecule has 0 bridgehead atoms. The van der Waals surface area contributed by atoms with Crippen LogP contribution in [-0.2, 0) is 0 Å². The Kier molecular flexibility index (Phi) is 3.35. The molecule has 2 heterocycles. The van der Waals surface area contributed by atoms with Gasteiger partial charge in [0.2, 0.25) is 0 Å². The van der Waals surface area contributed by atoms with Crippen molar-refractivity contribution in [3.8, 4) is 5.75 Å². The summed E-state index contributed by atoms with van der Waals surface area (Å²) in [6.45, 7) is 0. The molecule has 20 heavy (non-hydrogen) atoms. The predicted molar refractivity (Wildman–Crippen MR) is 82.1 cm³/mol. The highest BCUT2D eigenvalue weighted by Gasteiger charge is 2.04. The molecule has 0 aliphatic heterocycles. The van der Waals surface area contributed by atoms with Crippen molar-refractivity contribution < 1.29 is 4.74 Å². The van der Waals surface area contributed by atoms with Crippen LogP contribution < -0.4 is 9.61 Å². The van der Waals surface area contributed by atoms with Crippen LogP contribution in [0.3, 0.4) is 0 Å². The lowest BCUT2D eigenvalue weighted by Gasteiger charge is -1.99. The van der Waals surface area contributed by atoms with E-state index in [1.165, 1.54) is 11.3 Å². The molecule has 0 saturated carbocycles. The van der Waals surface area contributed by atoms with Crippen LogP contribution in [0.1, 0.15) is 5.56 Å². The van der Waals surface area contributed by atoms with E-state index in [4.69, 9.17) is 4.74 Å². The molecule has 1 aromatic carbocycles. The average molecular weight is 284 g/mol. The number of hydrogen-bond donors (Lipinski definition) is 0. The molecule has 3 aromatic rings. The summed E-state index contributed by atoms with van der Waals surface area (Å²) in [6.07, 6.45) is 7.05. The molecular formula is C15H12N2O2S. The fraction of sp³-hybridized carbons (Fsp3) is 0.0667. The fourth-order valence-corrected chi connectivity index (χ4v) is 2.73. The number of nitrogens with zero attached hydrogens (tertiary/aromatic N) is 2. The van der Waals surface area contributed by atoms with E-state index < -0.39 is 0 Å². The lowest BCUT2D eigenvalue weighted by molar-refractivity contribution is 0.415. The summed E-state index contributed by atoms with van der Waals surface area (Å²) in [5.74, 6) is 0.810. The van der Waals surface area contributed by atoms with Crippen LogP contribution in [0.15, 0.2) is 47.5 Å². The maximum absolute atomic E-state index is 11.9. The molecule has 0 radical (unpaired) electrons. The molecule has 100 valence electrons. The maximum atomic E-state index is 11.9. The van der Waals surface area contributed by atoms with Crippen molar-refractivity contribution in [3.63, 3.8) is 0 Å². The normalized spacial score (nSPS) is 11.2. The third-order valence-corrected chi connectivity index (χ3v) is 3.88. The third-order valence-electron chi connectivity index (χ3n) is 2.95. The van der Waals surface area contributed by atoms with Gasteiger partial charge in [-0.25, -0.2) is 0 Å². The van der Waals surface area contributed by atoms with E-state index in [9.17, 15) is 4.79 Å². The molecule has 4 nitrogen and oxygen atoms in total. The number of rotatable bonds is 3. The number of aromatic nitrogens is 2. The van der Waals surface area contributed by atoms with E-state index in [0.717, 1.165) is 21.5 Å². The standard InChI is InChI=1S/C15H12N2O2S/c1-19-12-4-2-11(3-5-12)7-9-17-13-10-16-8-6-14(13)20-15(17)18/h2-10H,1H3. The molecule has 0 fully saturated rings. The van der Waals surface area contributed by atoms with Gasteiger partial charge in [-0.3, -0.25) is 14.3 Å². The second-order valence-electron chi connectivity index (χ2n) is 4.17. The molecule has 0 aliphatic rings. The van der Waals surface area contributed by atoms with Gasteiger partial charge >= 0.3 is 4.87 Å². The zero-order valence-corrected chi connectivity index (χ0v) is 11.6. The molecule has 5 heteroatoms. The number of pyridine rings is 1. The minimum Gasteiger partial charge on any atom is -0.497 e. The van der Waals surface area contributed by atoms with E-state index in [2.05, 4.69) is 4.98 Å². The van der Waals surface area contributed by atoms with Crippen LogP contribution in [-0.4, -0.2) is 16.7 Å². The first-order valence-electron chi connectivity index (χ1n) is 6.05. The van der Waals surface area contributed by atoms with Crippen molar-refractivity contribution >= 4 is 33.8 Å². The molecule has 0 N–H and O–H groups in total. The van der Waals surface area contributed by atoms with Crippen LogP contribution in [0.2, 0.25) is 0 Å². The lowest BCUT2D eigenvalue weighted by Crippen LogP contribution is -2.05. The van der Waals surface area contributed by atoms with Gasteiger partial charge in [-0.15, -0.1) is 0 Å². The monoisotopic (exact) mass is 284 g/mol. The summed E-state index contributed by atoms with van der Waals surface area (Å²) in [5, 5.41) is 0. The third kappa shape index (κ3) is 2.35. The van der Waals surface area contributed by atoms with E-state index >= 15 is 0 Å². The summed E-state index contributed by atoms with van der Waals surface area (Å²) < 4.78 is 7.65. The molecule has 2 aromatic heterocycles. The second kappa shape index (κ2) is 5.30. The topological polar surface area (TPSA) is 44.1 Å². The average Bonchev–Trinajstić information content (AvgIpc) is 2.81. The van der Waals surface area contributed by atoms with Crippen molar-refractivity contribution in [2.45, 2.75) is 0 Å². The summed E-state index contributed by atoms with van der Waals surface area (Å²) >= 11 is 1.22. The molecule has 3 rings (SSSR count). The van der Waals surface area contributed by atoms with E-state index in [0.29, 0.717) is 0 Å². The molecular weight excluding hydrogens is 272 g/mol. The van der Waals surface area contributed by atoms with Crippen LogP contribution in [0.25, 0.3) is 22.5 Å². The van der Waals surface area contributed by atoms with Crippen molar-refractivity contribution in [2.75, 3.05) is 7.11 Å². The largest absolute Gasteiger partial charge is 0.497 e. The van der Waals surface area contributed by atoms with Crippen LogP contribution in [0.5, 0.6) is 5.75 Å². The predicted octanol–water partition coefficient (Wildman–Crippen LogP) is 3.09. The van der Waals surface area contributed by atoms with Gasteiger partial charge in [0.1, 0.15) is 5.75 Å². The van der Waals surface area contributed by atoms with Gasteiger partial charge in [0.25, 0.3) is 0 Å². The number of ether oxygens (including phenoxy) is 1. The smallest absolute Gasteiger partial charge is 0.312 e. The Morgan fingerprint density at radius 3 is 2.80 bits per heavy atom. The van der Waals surface area contributed by atoms with E-state index in [1.54, 1.807) is 30.3 Å². The number of methoxy groups -OCH3 is 1. The first kappa shape index (κ1) is 12.6. The van der Waals surface area contributed by atoms with Gasteiger partial charge < -0.3 is 4.74 Å². The molecule has 0 unspecified atom stereocenters. The van der Waals surface area contributed by atoms with Gasteiger partial charge in [-0.05, 0) is 29.8 Å². The Morgan fingerprint density at radius 1 is 1.25 bits per heavy atom. The van der Waals surface area contributed by atoms with Gasteiger partial charge in [0.15, 0.2) is 0 Å². The van der Waals surface area contributed by atoms with Crippen molar-refractivity contribution in [2.24, 2.45) is 0 Å². The second-order valence-corrected chi connectivity index (χ2v) is 5.16. The Balaban J connectivity index is 1.97. The van der Waals surface area contributed by atoms with Gasteiger partial charge in [0.05, 0.1) is 23.5 Å². The Morgan fingerprint density at radius 2 is 2.05 bits per heavy atom. The molecule has 0 aliphatic carbocycles. The van der Waals surface area contributed by atoms with E-state index in [-0.39, 0.29) is 4.87 Å². The summed E-state index contributed by atoms with van der Waals surface area (Å²) in [7, 11) is 1.63. The molecule has 0 spiro atoms. The number of thiazole rings is 1. The van der Waals surface area contributed by atoms with Crippen molar-refractivity contribution in [3.05, 3.63) is 58.0 Å². The maximum Gasteiger partial charge on any atom is 0.312 e. The van der Waals surface area contributed by atoms with Gasteiger partial charge in [0, 0.05) is 12.4 Å². The van der Waals surface area contributed by atoms with Crippen LogP contribution in [0, 0.1) is 0 Å². The molecule has 0 saturated heterocycles. The summed E-state index contributed by atoms with van der Waals surface area (Å²) in [5.41, 5.74) is 1.83. The number of fused-ring (bicyclic) bond motifs is 1. The first-order chi connectivity index (χ1) is 9.78. The minimum atomic E-state index is -0.0160. The van der Waals surface area contributed by atoms with Crippen LogP contribution in [0.4, 0.5) is 0 Å². The minimum absolute atomic E-state index is 0.0160. The zero-order chi connectivity index (χ0) is 13.9. The number of hydrogen-bond acceptors (Lipinski definition) is 4. The Bertz CT molecular complexity index is 816.